The van der Waals surface area contributed by atoms with Gasteiger partial charge in [0.15, 0.2) is 0 Å². The van der Waals surface area contributed by atoms with Gasteiger partial charge in [-0.1, -0.05) is 36.9 Å². The van der Waals surface area contributed by atoms with E-state index in [0.717, 1.165) is 15.7 Å². The first-order valence-corrected chi connectivity index (χ1v) is 5.54. The summed E-state index contributed by atoms with van der Waals surface area (Å²) in [5.41, 5.74) is 0. The second-order valence-electron chi connectivity index (χ2n) is 2.97. The molecule has 0 bridgehead atoms. The summed E-state index contributed by atoms with van der Waals surface area (Å²) in [4.78, 5) is 0.804. The van der Waals surface area contributed by atoms with Gasteiger partial charge in [-0.25, -0.2) is 4.21 Å². The van der Waals surface area contributed by atoms with Gasteiger partial charge in [0.05, 0.1) is 10.8 Å². The first-order valence-electron chi connectivity index (χ1n) is 4.33. The third-order valence-electron chi connectivity index (χ3n) is 2.10. The van der Waals surface area contributed by atoms with Gasteiger partial charge in [-0.15, -0.1) is 0 Å². The molecule has 14 heavy (non-hydrogen) atoms. The Bertz CT molecular complexity index is 502. The molecule has 2 aromatic carbocycles. The molecule has 2 aromatic rings. The van der Waals surface area contributed by atoms with Crippen LogP contribution in [0.15, 0.2) is 59.3 Å². The monoisotopic (exact) mass is 202 g/mol. The largest absolute Gasteiger partial charge is 0.250 e. The molecule has 0 radical (unpaired) electrons. The van der Waals surface area contributed by atoms with Crippen molar-refractivity contribution in [3.8, 4) is 0 Å². The van der Waals surface area contributed by atoms with Gasteiger partial charge < -0.3 is 0 Å². The van der Waals surface area contributed by atoms with E-state index in [1.807, 2.05) is 42.5 Å². The topological polar surface area (TPSA) is 17.1 Å². The molecule has 2 rings (SSSR count). The summed E-state index contributed by atoms with van der Waals surface area (Å²) >= 11 is 0. The van der Waals surface area contributed by atoms with Crippen LogP contribution in [0.3, 0.4) is 0 Å². The summed E-state index contributed by atoms with van der Waals surface area (Å²) in [6.07, 6.45) is 0. The maximum Gasteiger partial charge on any atom is 0.0770 e. The molecule has 0 saturated carbocycles. The molecular weight excluding hydrogens is 192 g/mol. The molecule has 1 nitrogen and oxygen atoms in total. The molecule has 0 aliphatic heterocycles. The van der Waals surface area contributed by atoms with Crippen LogP contribution in [0.5, 0.6) is 0 Å². The molecule has 0 saturated heterocycles. The Morgan fingerprint density at radius 1 is 1.07 bits per heavy atom. The van der Waals surface area contributed by atoms with Crippen molar-refractivity contribution in [2.45, 2.75) is 4.90 Å². The molecule has 0 aromatic heterocycles. The van der Waals surface area contributed by atoms with E-state index in [4.69, 9.17) is 0 Å². The van der Waals surface area contributed by atoms with E-state index >= 15 is 0 Å². The van der Waals surface area contributed by atoms with E-state index < -0.39 is 10.8 Å². The van der Waals surface area contributed by atoms with Crippen LogP contribution in [0.1, 0.15) is 0 Å². The highest BCUT2D eigenvalue weighted by molar-refractivity contribution is 7.88. The van der Waals surface area contributed by atoms with Gasteiger partial charge in [0, 0.05) is 10.3 Å². The van der Waals surface area contributed by atoms with Crippen molar-refractivity contribution >= 4 is 21.6 Å². The molecule has 0 amide bonds. The Kier molecular flexibility index (Phi) is 2.46. The minimum Gasteiger partial charge on any atom is -0.250 e. The molecule has 70 valence electrons. The van der Waals surface area contributed by atoms with Crippen molar-refractivity contribution in [1.82, 2.24) is 0 Å². The van der Waals surface area contributed by atoms with Crippen LogP contribution in [-0.2, 0) is 10.8 Å². The Morgan fingerprint density at radius 3 is 2.50 bits per heavy atom. The van der Waals surface area contributed by atoms with Crippen molar-refractivity contribution in [2.75, 3.05) is 0 Å². The molecule has 0 aliphatic carbocycles. The first-order chi connectivity index (χ1) is 6.81. The van der Waals surface area contributed by atoms with Crippen molar-refractivity contribution in [2.24, 2.45) is 0 Å². The zero-order valence-electron chi connectivity index (χ0n) is 7.64. The van der Waals surface area contributed by atoms with Gasteiger partial charge >= 0.3 is 0 Å². The fourth-order valence-corrected chi connectivity index (χ4v) is 2.03. The highest BCUT2D eigenvalue weighted by Crippen LogP contribution is 2.17. The Balaban J connectivity index is 2.62. The minimum atomic E-state index is -1.08. The predicted molar refractivity (Wildman–Crippen MR) is 60.6 cm³/mol. The molecule has 2 heteroatoms. The van der Waals surface area contributed by atoms with E-state index in [1.54, 1.807) is 0 Å². The quantitative estimate of drug-likeness (QED) is 0.731. The van der Waals surface area contributed by atoms with Crippen molar-refractivity contribution in [3.63, 3.8) is 0 Å². The van der Waals surface area contributed by atoms with E-state index in [-0.39, 0.29) is 0 Å². The summed E-state index contributed by atoms with van der Waals surface area (Å²) in [7, 11) is -1.08. The maximum absolute atomic E-state index is 11.5. The second-order valence-corrected chi connectivity index (χ2v) is 4.37. The Labute approximate surface area is 85.5 Å². The van der Waals surface area contributed by atoms with Gasteiger partial charge in [-0.05, 0) is 22.9 Å². The summed E-state index contributed by atoms with van der Waals surface area (Å²) in [6.45, 7) is 3.52. The lowest BCUT2D eigenvalue weighted by Crippen LogP contribution is -1.85. The molecule has 1 atom stereocenters. The number of rotatable bonds is 2. The maximum atomic E-state index is 11.5. The van der Waals surface area contributed by atoms with Gasteiger partial charge in [-0.2, -0.15) is 0 Å². The van der Waals surface area contributed by atoms with Crippen molar-refractivity contribution in [3.05, 3.63) is 54.5 Å². The third-order valence-corrected chi connectivity index (χ3v) is 3.13. The highest BCUT2D eigenvalue weighted by Gasteiger charge is 1.99. The zero-order chi connectivity index (χ0) is 9.97. The normalized spacial score (nSPS) is 12.6. The average molecular weight is 202 g/mol. The molecule has 0 N–H and O–H groups in total. The van der Waals surface area contributed by atoms with Crippen LogP contribution in [0, 0.1) is 0 Å². The SMILES string of the molecule is C=CS(=O)c1ccc2ccccc2c1. The molecular formula is C12H10OS. The van der Waals surface area contributed by atoms with E-state index in [9.17, 15) is 4.21 Å². The summed E-state index contributed by atoms with van der Waals surface area (Å²) in [5.74, 6) is 0. The summed E-state index contributed by atoms with van der Waals surface area (Å²) in [5, 5.41) is 3.72. The van der Waals surface area contributed by atoms with Crippen LogP contribution in [0.4, 0.5) is 0 Å². The highest BCUT2D eigenvalue weighted by atomic mass is 32.2. The van der Waals surface area contributed by atoms with Crippen molar-refractivity contribution in [1.29, 1.82) is 0 Å². The summed E-state index contributed by atoms with van der Waals surface area (Å²) < 4.78 is 11.5. The molecule has 0 aliphatic rings. The van der Waals surface area contributed by atoms with E-state index in [0.29, 0.717) is 0 Å². The van der Waals surface area contributed by atoms with Crippen LogP contribution < -0.4 is 0 Å². The lowest BCUT2D eigenvalue weighted by atomic mass is 10.1. The third kappa shape index (κ3) is 1.61. The molecule has 0 fully saturated rings. The first kappa shape index (κ1) is 9.16. The smallest absolute Gasteiger partial charge is 0.0770 e. The van der Waals surface area contributed by atoms with Crippen molar-refractivity contribution < 1.29 is 4.21 Å². The Hall–Kier alpha value is -1.41. The number of benzene rings is 2. The minimum absolute atomic E-state index is 0.804. The fourth-order valence-electron chi connectivity index (χ4n) is 1.39. The zero-order valence-corrected chi connectivity index (χ0v) is 8.46. The van der Waals surface area contributed by atoms with Crippen LogP contribution in [0.25, 0.3) is 10.8 Å². The van der Waals surface area contributed by atoms with Gasteiger partial charge in [0.1, 0.15) is 0 Å². The average Bonchev–Trinajstić information content (AvgIpc) is 2.27. The lowest BCUT2D eigenvalue weighted by molar-refractivity contribution is 0.688. The number of hydrogen-bond donors (Lipinski definition) is 0. The van der Waals surface area contributed by atoms with E-state index in [1.165, 1.54) is 5.41 Å². The van der Waals surface area contributed by atoms with E-state index in [2.05, 4.69) is 6.58 Å². The number of hydrogen-bond acceptors (Lipinski definition) is 1. The molecule has 0 spiro atoms. The lowest BCUT2D eigenvalue weighted by Gasteiger charge is -2.00. The molecule has 0 heterocycles. The van der Waals surface area contributed by atoms with Gasteiger partial charge in [0.25, 0.3) is 0 Å². The number of fused-ring (bicyclic) bond motifs is 1. The standard InChI is InChI=1S/C12H10OS/c1-2-14(13)12-8-7-10-5-3-4-6-11(10)9-12/h2-9H,1H2. The van der Waals surface area contributed by atoms with Crippen LogP contribution in [-0.4, -0.2) is 4.21 Å². The van der Waals surface area contributed by atoms with Crippen LogP contribution in [0.2, 0.25) is 0 Å². The van der Waals surface area contributed by atoms with Gasteiger partial charge in [0.2, 0.25) is 0 Å². The second kappa shape index (κ2) is 3.76. The van der Waals surface area contributed by atoms with Crippen LogP contribution >= 0.6 is 0 Å². The van der Waals surface area contributed by atoms with Gasteiger partial charge in [-0.3, -0.25) is 0 Å². The predicted octanol–water partition coefficient (Wildman–Crippen LogP) is 3.09. The fraction of sp³-hybridized carbons (Fsp3) is 0. The Morgan fingerprint density at radius 2 is 1.79 bits per heavy atom. The summed E-state index contributed by atoms with van der Waals surface area (Å²) in [6, 6.07) is 13.8. The molecule has 1 unspecified atom stereocenters.